The van der Waals surface area contributed by atoms with Gasteiger partial charge < -0.3 is 4.74 Å². The maximum absolute atomic E-state index is 12.3. The zero-order valence-corrected chi connectivity index (χ0v) is 12.3. The minimum Gasteiger partial charge on any atom is -0.376 e. The zero-order chi connectivity index (χ0) is 13.3. The molecule has 1 aliphatic rings. The van der Waals surface area contributed by atoms with Crippen LogP contribution in [0.4, 0.5) is 0 Å². The van der Waals surface area contributed by atoms with E-state index in [4.69, 9.17) is 4.74 Å². The van der Waals surface area contributed by atoms with Crippen molar-refractivity contribution in [2.24, 2.45) is 0 Å². The molecule has 1 fully saturated rings. The van der Waals surface area contributed by atoms with Crippen LogP contribution in [0.1, 0.15) is 34.0 Å². The van der Waals surface area contributed by atoms with Crippen molar-refractivity contribution in [1.82, 2.24) is 4.90 Å². The van der Waals surface area contributed by atoms with Crippen LogP contribution >= 0.6 is 11.3 Å². The van der Waals surface area contributed by atoms with Gasteiger partial charge in [0.05, 0.1) is 19.3 Å². The number of thiophene rings is 1. The highest BCUT2D eigenvalue weighted by atomic mass is 32.1. The summed E-state index contributed by atoms with van der Waals surface area (Å²) < 4.78 is 5.58. The number of carbonyl (C=O) groups is 1. The third-order valence-electron chi connectivity index (χ3n) is 3.42. The number of Topliss-reactive ketones (excluding diaryl/α,β-unsaturated/α-hetero) is 1. The minimum atomic E-state index is 0.222. The fourth-order valence-electron chi connectivity index (χ4n) is 2.37. The van der Waals surface area contributed by atoms with E-state index in [1.54, 1.807) is 11.3 Å². The molecule has 1 aromatic rings. The molecule has 2 unspecified atom stereocenters. The van der Waals surface area contributed by atoms with Crippen molar-refractivity contribution >= 4 is 17.1 Å². The van der Waals surface area contributed by atoms with Gasteiger partial charge in [-0.05, 0) is 33.8 Å². The molecule has 18 heavy (non-hydrogen) atoms. The van der Waals surface area contributed by atoms with E-state index < -0.39 is 0 Å². The van der Waals surface area contributed by atoms with Crippen molar-refractivity contribution in [3.63, 3.8) is 0 Å². The lowest BCUT2D eigenvalue weighted by atomic mass is 10.1. The molecule has 2 rings (SSSR count). The molecule has 2 atom stereocenters. The monoisotopic (exact) mass is 267 g/mol. The molecule has 0 radical (unpaired) electrons. The van der Waals surface area contributed by atoms with Crippen LogP contribution in [0.5, 0.6) is 0 Å². The molecule has 0 saturated carbocycles. The summed E-state index contributed by atoms with van der Waals surface area (Å²) in [5.74, 6) is 0.234. The van der Waals surface area contributed by atoms with Gasteiger partial charge in [0, 0.05) is 27.9 Å². The minimum absolute atomic E-state index is 0.222. The fraction of sp³-hybridized carbons (Fsp3) is 0.643. The predicted molar refractivity (Wildman–Crippen MR) is 74.6 cm³/mol. The second-order valence-corrected chi connectivity index (χ2v) is 6.63. The van der Waals surface area contributed by atoms with Crippen molar-refractivity contribution in [2.45, 2.75) is 39.8 Å². The number of carbonyl (C=O) groups excluding carboxylic acids is 1. The van der Waals surface area contributed by atoms with Crippen molar-refractivity contribution in [2.75, 3.05) is 19.7 Å². The molecule has 0 spiro atoms. The van der Waals surface area contributed by atoms with Gasteiger partial charge in [-0.1, -0.05) is 0 Å². The van der Waals surface area contributed by atoms with E-state index in [1.165, 1.54) is 4.88 Å². The van der Waals surface area contributed by atoms with Crippen molar-refractivity contribution in [3.05, 3.63) is 21.4 Å². The number of ether oxygens (including phenoxy) is 1. The lowest BCUT2D eigenvalue weighted by Crippen LogP contribution is -2.49. The van der Waals surface area contributed by atoms with E-state index in [2.05, 4.69) is 18.7 Å². The van der Waals surface area contributed by atoms with Gasteiger partial charge in [-0.15, -0.1) is 11.3 Å². The number of aryl methyl sites for hydroxylation is 2. The van der Waals surface area contributed by atoms with Crippen LogP contribution in [0.15, 0.2) is 6.07 Å². The van der Waals surface area contributed by atoms with E-state index in [1.807, 2.05) is 19.9 Å². The highest BCUT2D eigenvalue weighted by Crippen LogP contribution is 2.22. The summed E-state index contributed by atoms with van der Waals surface area (Å²) in [6.45, 7) is 10.3. The normalized spacial score (nSPS) is 25.3. The van der Waals surface area contributed by atoms with Crippen molar-refractivity contribution in [3.8, 4) is 0 Å². The Hall–Kier alpha value is -0.710. The van der Waals surface area contributed by atoms with Crippen LogP contribution in [-0.2, 0) is 4.74 Å². The summed E-state index contributed by atoms with van der Waals surface area (Å²) in [7, 11) is 0. The van der Waals surface area contributed by atoms with Crippen LogP contribution in [-0.4, -0.2) is 42.5 Å². The van der Waals surface area contributed by atoms with Gasteiger partial charge in [0.2, 0.25) is 0 Å². The summed E-state index contributed by atoms with van der Waals surface area (Å²) in [5.41, 5.74) is 0.892. The molecule has 0 bridgehead atoms. The molecule has 1 saturated heterocycles. The number of ketones is 1. The second-order valence-electron chi connectivity index (χ2n) is 5.17. The average molecular weight is 267 g/mol. The first-order chi connectivity index (χ1) is 8.47. The lowest BCUT2D eigenvalue weighted by Gasteiger charge is -2.36. The van der Waals surface area contributed by atoms with E-state index in [0.29, 0.717) is 12.6 Å². The summed E-state index contributed by atoms with van der Waals surface area (Å²) in [4.78, 5) is 16.9. The predicted octanol–water partition coefficient (Wildman–Crippen LogP) is 2.66. The third-order valence-corrected chi connectivity index (χ3v) is 4.39. The zero-order valence-electron chi connectivity index (χ0n) is 11.5. The highest BCUT2D eigenvalue weighted by Gasteiger charge is 2.26. The topological polar surface area (TPSA) is 29.5 Å². The van der Waals surface area contributed by atoms with Gasteiger partial charge in [-0.2, -0.15) is 0 Å². The molecular formula is C14H21NO2S. The lowest BCUT2D eigenvalue weighted by molar-refractivity contribution is -0.0460. The molecule has 0 amide bonds. The molecule has 0 aliphatic carbocycles. The molecule has 3 nitrogen and oxygen atoms in total. The van der Waals surface area contributed by atoms with Crippen LogP contribution in [0.2, 0.25) is 0 Å². The van der Waals surface area contributed by atoms with Gasteiger partial charge in [0.15, 0.2) is 5.78 Å². The first kappa shape index (κ1) is 13.7. The van der Waals surface area contributed by atoms with Crippen LogP contribution < -0.4 is 0 Å². The Labute approximate surface area is 113 Å². The maximum atomic E-state index is 12.3. The Morgan fingerprint density at radius 2 is 2.22 bits per heavy atom. The van der Waals surface area contributed by atoms with E-state index >= 15 is 0 Å². The summed E-state index contributed by atoms with van der Waals surface area (Å²) in [6.07, 6.45) is 0.222. The summed E-state index contributed by atoms with van der Waals surface area (Å²) in [6, 6.07) is 2.34. The molecule has 0 aromatic carbocycles. The Balaban J connectivity index is 2.04. The Kier molecular flexibility index (Phi) is 4.20. The molecule has 100 valence electrons. The number of nitrogens with zero attached hydrogens (tertiary/aromatic N) is 1. The number of hydrogen-bond donors (Lipinski definition) is 0. The molecular weight excluding hydrogens is 246 g/mol. The average Bonchev–Trinajstić information content (AvgIpc) is 2.63. The summed E-state index contributed by atoms with van der Waals surface area (Å²) in [5, 5.41) is 0. The molecule has 2 heterocycles. The third kappa shape index (κ3) is 2.99. The largest absolute Gasteiger partial charge is 0.376 e. The van der Waals surface area contributed by atoms with E-state index in [-0.39, 0.29) is 11.9 Å². The molecule has 4 heteroatoms. The van der Waals surface area contributed by atoms with Gasteiger partial charge >= 0.3 is 0 Å². The van der Waals surface area contributed by atoms with Crippen LogP contribution in [0.25, 0.3) is 0 Å². The standard InChI is InChI=1S/C14H21NO2S/c1-9-8-17-10(2)6-15(9)7-14(16)13-5-11(3)18-12(13)4/h5,9-10H,6-8H2,1-4H3. The molecule has 1 aliphatic heterocycles. The second kappa shape index (κ2) is 5.51. The fourth-order valence-corrected chi connectivity index (χ4v) is 3.31. The SMILES string of the molecule is Cc1cc(C(=O)CN2CC(C)OCC2C)c(C)s1. The van der Waals surface area contributed by atoms with Gasteiger partial charge in [0.1, 0.15) is 0 Å². The Bertz CT molecular complexity index is 441. The Morgan fingerprint density at radius 1 is 1.50 bits per heavy atom. The van der Waals surface area contributed by atoms with Crippen LogP contribution in [0.3, 0.4) is 0 Å². The Morgan fingerprint density at radius 3 is 2.83 bits per heavy atom. The molecule has 1 aromatic heterocycles. The van der Waals surface area contributed by atoms with Crippen LogP contribution in [0, 0.1) is 13.8 Å². The van der Waals surface area contributed by atoms with E-state index in [9.17, 15) is 4.79 Å². The number of hydrogen-bond acceptors (Lipinski definition) is 4. The summed E-state index contributed by atoms with van der Waals surface area (Å²) >= 11 is 1.70. The highest BCUT2D eigenvalue weighted by molar-refractivity contribution is 7.12. The van der Waals surface area contributed by atoms with Crippen molar-refractivity contribution in [1.29, 1.82) is 0 Å². The van der Waals surface area contributed by atoms with Gasteiger partial charge in [-0.3, -0.25) is 9.69 Å². The molecule has 0 N–H and O–H groups in total. The number of rotatable bonds is 3. The number of morpholine rings is 1. The quantitative estimate of drug-likeness (QED) is 0.789. The first-order valence-electron chi connectivity index (χ1n) is 6.43. The smallest absolute Gasteiger partial charge is 0.177 e. The van der Waals surface area contributed by atoms with Crippen molar-refractivity contribution < 1.29 is 9.53 Å². The van der Waals surface area contributed by atoms with E-state index in [0.717, 1.165) is 23.6 Å². The van der Waals surface area contributed by atoms with Gasteiger partial charge in [-0.25, -0.2) is 0 Å². The first-order valence-corrected chi connectivity index (χ1v) is 7.25. The van der Waals surface area contributed by atoms with Gasteiger partial charge in [0.25, 0.3) is 0 Å². The maximum Gasteiger partial charge on any atom is 0.177 e.